The molecule has 0 spiro atoms. The first kappa shape index (κ1) is 10.5. The Morgan fingerprint density at radius 1 is 1.29 bits per heavy atom. The summed E-state index contributed by atoms with van der Waals surface area (Å²) < 4.78 is 4.58. The quantitative estimate of drug-likeness (QED) is 0.612. The zero-order valence-electron chi connectivity index (χ0n) is 7.20. The molecule has 0 saturated heterocycles. The lowest BCUT2D eigenvalue weighted by atomic mass is 10.1. The molecule has 2 N–H and O–H groups in total. The van der Waals surface area contributed by atoms with Crippen molar-refractivity contribution < 1.29 is 14.3 Å². The van der Waals surface area contributed by atoms with E-state index in [9.17, 15) is 9.59 Å². The van der Waals surface area contributed by atoms with Crippen molar-refractivity contribution in [2.24, 2.45) is 5.73 Å². The first-order valence-electron chi connectivity index (χ1n) is 3.80. The molecule has 0 unspecified atom stereocenters. The van der Waals surface area contributed by atoms with E-state index in [0.29, 0.717) is 11.3 Å². The lowest BCUT2D eigenvalue weighted by molar-refractivity contribution is 0.102. The van der Waals surface area contributed by atoms with Gasteiger partial charge in [0.1, 0.15) is 5.75 Å². The number of hydrogen-bond donors (Lipinski definition) is 1. The van der Waals surface area contributed by atoms with Crippen LogP contribution in [-0.2, 0) is 0 Å². The summed E-state index contributed by atoms with van der Waals surface area (Å²) >= 11 is 5.36. The summed E-state index contributed by atoms with van der Waals surface area (Å²) in [6.07, 6.45) is -0.888. The van der Waals surface area contributed by atoms with Gasteiger partial charge in [-0.25, -0.2) is 4.79 Å². The van der Waals surface area contributed by atoms with Gasteiger partial charge in [0.2, 0.25) is 0 Å². The maximum absolute atomic E-state index is 11.1. The molecular formula is C9H8ClNO3. The number of rotatable bonds is 3. The molecule has 14 heavy (non-hydrogen) atoms. The van der Waals surface area contributed by atoms with Gasteiger partial charge in [-0.15, -0.1) is 11.6 Å². The normalized spacial score (nSPS) is 9.50. The molecule has 74 valence electrons. The van der Waals surface area contributed by atoms with E-state index < -0.39 is 6.09 Å². The van der Waals surface area contributed by atoms with Crippen molar-refractivity contribution >= 4 is 23.5 Å². The summed E-state index contributed by atoms with van der Waals surface area (Å²) in [5.41, 5.74) is 5.27. The predicted molar refractivity (Wildman–Crippen MR) is 51.7 cm³/mol. The van der Waals surface area contributed by atoms with Crippen molar-refractivity contribution in [3.63, 3.8) is 0 Å². The van der Waals surface area contributed by atoms with Gasteiger partial charge in [-0.2, -0.15) is 0 Å². The van der Waals surface area contributed by atoms with Crippen molar-refractivity contribution in [3.8, 4) is 5.75 Å². The van der Waals surface area contributed by atoms with Crippen LogP contribution in [0.4, 0.5) is 4.79 Å². The Morgan fingerprint density at radius 3 is 2.29 bits per heavy atom. The zero-order chi connectivity index (χ0) is 10.6. The molecule has 1 amide bonds. The Labute approximate surface area is 85.6 Å². The fraction of sp³-hybridized carbons (Fsp3) is 0.111. The molecule has 1 rings (SSSR count). The van der Waals surface area contributed by atoms with E-state index in [1.54, 1.807) is 0 Å². The van der Waals surface area contributed by atoms with Crippen molar-refractivity contribution in [1.29, 1.82) is 0 Å². The zero-order valence-corrected chi connectivity index (χ0v) is 7.95. The summed E-state index contributed by atoms with van der Waals surface area (Å²) in [6.45, 7) is 0. The predicted octanol–water partition coefficient (Wildman–Crippen LogP) is 1.57. The molecule has 0 atom stereocenters. The highest BCUT2D eigenvalue weighted by molar-refractivity contribution is 6.30. The van der Waals surface area contributed by atoms with E-state index in [0.717, 1.165) is 0 Å². The lowest BCUT2D eigenvalue weighted by Gasteiger charge is -2.01. The molecule has 0 bridgehead atoms. The van der Waals surface area contributed by atoms with Gasteiger partial charge in [0.05, 0.1) is 5.88 Å². The maximum Gasteiger partial charge on any atom is 0.409 e. The molecule has 0 aliphatic carbocycles. The second kappa shape index (κ2) is 4.62. The SMILES string of the molecule is NC(=O)Oc1ccc(C(=O)CCl)cc1. The van der Waals surface area contributed by atoms with Crippen molar-refractivity contribution in [2.45, 2.75) is 0 Å². The topological polar surface area (TPSA) is 69.4 Å². The minimum atomic E-state index is -0.888. The van der Waals surface area contributed by atoms with Gasteiger partial charge in [-0.1, -0.05) is 0 Å². The first-order chi connectivity index (χ1) is 6.63. The number of primary amides is 1. The molecule has 0 radical (unpaired) electrons. The highest BCUT2D eigenvalue weighted by Crippen LogP contribution is 2.12. The molecule has 0 aliphatic heterocycles. The summed E-state index contributed by atoms with van der Waals surface area (Å²) in [5, 5.41) is 0. The number of hydrogen-bond acceptors (Lipinski definition) is 3. The van der Waals surface area contributed by atoms with Gasteiger partial charge in [0.15, 0.2) is 5.78 Å². The fourth-order valence-electron chi connectivity index (χ4n) is 0.902. The number of Topliss-reactive ketones (excluding diaryl/α,β-unsaturated/α-hetero) is 1. The Hall–Kier alpha value is -1.55. The number of halogens is 1. The first-order valence-corrected chi connectivity index (χ1v) is 4.33. The molecule has 1 aromatic rings. The second-order valence-electron chi connectivity index (χ2n) is 2.50. The molecule has 0 heterocycles. The van der Waals surface area contributed by atoms with Gasteiger partial charge in [-0.05, 0) is 24.3 Å². The van der Waals surface area contributed by atoms with Crippen molar-refractivity contribution in [2.75, 3.05) is 5.88 Å². The smallest absolute Gasteiger partial charge is 0.409 e. The van der Waals surface area contributed by atoms with E-state index in [4.69, 9.17) is 17.3 Å². The number of nitrogens with two attached hydrogens (primary N) is 1. The van der Waals surface area contributed by atoms with Crippen LogP contribution in [0.3, 0.4) is 0 Å². The molecule has 0 aliphatic rings. The monoisotopic (exact) mass is 213 g/mol. The summed E-state index contributed by atoms with van der Waals surface area (Å²) in [5.74, 6) is 0.0386. The fourth-order valence-corrected chi connectivity index (χ4v) is 1.06. The lowest BCUT2D eigenvalue weighted by Crippen LogP contribution is -2.16. The number of alkyl halides is 1. The minimum absolute atomic E-state index is 0.0734. The summed E-state index contributed by atoms with van der Waals surface area (Å²) in [7, 11) is 0. The molecule has 0 aromatic heterocycles. The maximum atomic E-state index is 11.1. The standard InChI is InChI=1S/C9H8ClNO3/c10-5-8(12)6-1-3-7(4-2-6)14-9(11)13/h1-4H,5H2,(H2,11,13). The van der Waals surface area contributed by atoms with E-state index >= 15 is 0 Å². The van der Waals surface area contributed by atoms with E-state index in [2.05, 4.69) is 4.74 Å². The van der Waals surface area contributed by atoms with Crippen LogP contribution in [0.15, 0.2) is 24.3 Å². The molecule has 5 heteroatoms. The largest absolute Gasteiger partial charge is 0.411 e. The Kier molecular flexibility index (Phi) is 3.48. The average molecular weight is 214 g/mol. The van der Waals surface area contributed by atoms with Gasteiger partial charge < -0.3 is 10.5 Å². The molecular weight excluding hydrogens is 206 g/mol. The van der Waals surface area contributed by atoms with Crippen LogP contribution in [0.5, 0.6) is 5.75 Å². The van der Waals surface area contributed by atoms with Crippen molar-refractivity contribution in [1.82, 2.24) is 0 Å². The third kappa shape index (κ3) is 2.74. The Balaban J connectivity index is 2.78. The second-order valence-corrected chi connectivity index (χ2v) is 2.77. The summed E-state index contributed by atoms with van der Waals surface area (Å²) in [4.78, 5) is 21.4. The van der Waals surface area contributed by atoms with Gasteiger partial charge >= 0.3 is 6.09 Å². The Morgan fingerprint density at radius 2 is 1.86 bits per heavy atom. The van der Waals surface area contributed by atoms with E-state index in [1.165, 1.54) is 24.3 Å². The van der Waals surface area contributed by atoms with Crippen LogP contribution in [0.1, 0.15) is 10.4 Å². The van der Waals surface area contributed by atoms with Crippen molar-refractivity contribution in [3.05, 3.63) is 29.8 Å². The van der Waals surface area contributed by atoms with Crippen LogP contribution in [0.25, 0.3) is 0 Å². The van der Waals surface area contributed by atoms with Gasteiger partial charge in [0, 0.05) is 5.56 Å². The highest BCUT2D eigenvalue weighted by Gasteiger charge is 2.04. The third-order valence-electron chi connectivity index (χ3n) is 1.52. The van der Waals surface area contributed by atoms with Gasteiger partial charge in [-0.3, -0.25) is 4.79 Å². The Bertz CT molecular complexity index is 348. The van der Waals surface area contributed by atoms with Crippen LogP contribution < -0.4 is 10.5 Å². The minimum Gasteiger partial charge on any atom is -0.411 e. The highest BCUT2D eigenvalue weighted by atomic mass is 35.5. The average Bonchev–Trinajstić information content (AvgIpc) is 2.17. The number of carbonyl (C=O) groups excluding carboxylic acids is 2. The van der Waals surface area contributed by atoms with Crippen LogP contribution in [-0.4, -0.2) is 17.8 Å². The van der Waals surface area contributed by atoms with Crippen LogP contribution in [0.2, 0.25) is 0 Å². The van der Waals surface area contributed by atoms with E-state index in [1.807, 2.05) is 0 Å². The molecule has 4 nitrogen and oxygen atoms in total. The molecule has 0 saturated carbocycles. The van der Waals surface area contributed by atoms with Crippen LogP contribution in [0, 0.1) is 0 Å². The molecule has 1 aromatic carbocycles. The van der Waals surface area contributed by atoms with Crippen LogP contribution >= 0.6 is 11.6 Å². The number of benzene rings is 1. The summed E-state index contributed by atoms with van der Waals surface area (Å²) in [6, 6.07) is 5.99. The molecule has 0 fully saturated rings. The number of amides is 1. The number of carbonyl (C=O) groups is 2. The van der Waals surface area contributed by atoms with E-state index in [-0.39, 0.29) is 11.7 Å². The van der Waals surface area contributed by atoms with Gasteiger partial charge in [0.25, 0.3) is 0 Å². The number of ether oxygens (including phenoxy) is 1. The number of ketones is 1. The third-order valence-corrected chi connectivity index (χ3v) is 1.76.